The van der Waals surface area contributed by atoms with Gasteiger partial charge in [-0.3, -0.25) is 9.00 Å². The first-order valence-corrected chi connectivity index (χ1v) is 7.60. The number of hydrogen-bond donors (Lipinski definition) is 0. The number of ketones is 1. The summed E-state index contributed by atoms with van der Waals surface area (Å²) in [5, 5.41) is 0. The summed E-state index contributed by atoms with van der Waals surface area (Å²) in [5.74, 6) is -0.831. The van der Waals surface area contributed by atoms with Gasteiger partial charge < -0.3 is 0 Å². The van der Waals surface area contributed by atoms with Gasteiger partial charge >= 0.3 is 0 Å². The molecule has 2 nitrogen and oxygen atoms in total. The number of carbonyl (C=O) groups excluding carboxylic acids is 1. The molecule has 0 heterocycles. The van der Waals surface area contributed by atoms with Crippen molar-refractivity contribution in [3.8, 4) is 0 Å². The van der Waals surface area contributed by atoms with Gasteiger partial charge in [-0.05, 0) is 30.3 Å². The third-order valence-corrected chi connectivity index (χ3v) is 4.32. The second-order valence-corrected chi connectivity index (χ2v) is 6.24. The maximum atomic E-state index is 13.0. The van der Waals surface area contributed by atoms with Crippen LogP contribution in [0.1, 0.15) is 10.4 Å². The fraction of sp³-hybridized carbons (Fsp3) is 0.0714. The van der Waals surface area contributed by atoms with Gasteiger partial charge in [0.15, 0.2) is 5.78 Å². The number of benzene rings is 2. The second kappa shape index (κ2) is 6.21. The van der Waals surface area contributed by atoms with Crippen LogP contribution in [0.2, 0.25) is 0 Å². The van der Waals surface area contributed by atoms with Crippen LogP contribution in [-0.2, 0) is 10.8 Å². The Morgan fingerprint density at radius 1 is 1.16 bits per heavy atom. The summed E-state index contributed by atoms with van der Waals surface area (Å²) in [7, 11) is -1.53. The summed E-state index contributed by atoms with van der Waals surface area (Å²) in [6, 6.07) is 12.3. The monoisotopic (exact) mass is 340 g/mol. The maximum absolute atomic E-state index is 13.0. The lowest BCUT2D eigenvalue weighted by molar-refractivity contribution is 0.102. The molecule has 0 N–H and O–H groups in total. The molecule has 0 aliphatic carbocycles. The SMILES string of the molecule is O=C(CS(=O)c1cccc(F)c1)c1ccc(Br)cc1. The van der Waals surface area contributed by atoms with E-state index >= 15 is 0 Å². The molecule has 0 spiro atoms. The zero-order chi connectivity index (χ0) is 13.8. The van der Waals surface area contributed by atoms with Gasteiger partial charge in [-0.2, -0.15) is 0 Å². The molecule has 19 heavy (non-hydrogen) atoms. The average molecular weight is 341 g/mol. The molecule has 0 fully saturated rings. The zero-order valence-electron chi connectivity index (χ0n) is 9.81. The minimum Gasteiger partial charge on any atom is -0.293 e. The van der Waals surface area contributed by atoms with Crippen molar-refractivity contribution in [3.63, 3.8) is 0 Å². The summed E-state index contributed by atoms with van der Waals surface area (Å²) >= 11 is 3.28. The van der Waals surface area contributed by atoms with Crippen LogP contribution in [-0.4, -0.2) is 15.7 Å². The number of Topliss-reactive ketones (excluding diaryl/α,β-unsaturated/α-hetero) is 1. The van der Waals surface area contributed by atoms with E-state index in [4.69, 9.17) is 0 Å². The van der Waals surface area contributed by atoms with Gasteiger partial charge in [0.2, 0.25) is 0 Å². The van der Waals surface area contributed by atoms with E-state index in [1.54, 1.807) is 30.3 Å². The molecule has 0 aliphatic heterocycles. The molecular weight excluding hydrogens is 331 g/mol. The van der Waals surface area contributed by atoms with Crippen LogP contribution in [0.3, 0.4) is 0 Å². The van der Waals surface area contributed by atoms with Gasteiger partial charge in [0.05, 0.1) is 16.6 Å². The Morgan fingerprint density at radius 3 is 2.47 bits per heavy atom. The highest BCUT2D eigenvalue weighted by atomic mass is 79.9. The standard InChI is InChI=1S/C14H10BrFO2S/c15-11-6-4-10(5-7-11)14(17)9-19(18)13-3-1-2-12(16)8-13/h1-8H,9H2. The highest BCUT2D eigenvalue weighted by Crippen LogP contribution is 2.13. The molecule has 0 saturated carbocycles. The van der Waals surface area contributed by atoms with E-state index in [0.29, 0.717) is 10.5 Å². The Bertz CT molecular complexity index is 626. The number of carbonyl (C=O) groups is 1. The Balaban J connectivity index is 2.11. The van der Waals surface area contributed by atoms with Crippen molar-refractivity contribution in [2.24, 2.45) is 0 Å². The molecule has 0 bridgehead atoms. The van der Waals surface area contributed by atoms with Crippen LogP contribution in [0, 0.1) is 5.82 Å². The van der Waals surface area contributed by atoms with Crippen molar-refractivity contribution in [2.45, 2.75) is 4.90 Å². The molecule has 1 unspecified atom stereocenters. The molecule has 98 valence electrons. The van der Waals surface area contributed by atoms with Gasteiger partial charge in [-0.1, -0.05) is 34.1 Å². The normalized spacial score (nSPS) is 12.1. The number of hydrogen-bond acceptors (Lipinski definition) is 2. The van der Waals surface area contributed by atoms with Crippen molar-refractivity contribution in [1.29, 1.82) is 0 Å². The highest BCUT2D eigenvalue weighted by Gasteiger charge is 2.12. The highest BCUT2D eigenvalue weighted by molar-refractivity contribution is 9.10. The van der Waals surface area contributed by atoms with Crippen LogP contribution in [0.15, 0.2) is 57.9 Å². The third-order valence-electron chi connectivity index (χ3n) is 2.49. The van der Waals surface area contributed by atoms with Crippen LogP contribution in [0.5, 0.6) is 0 Å². The summed E-state index contributed by atoms with van der Waals surface area (Å²) in [6.45, 7) is 0. The Morgan fingerprint density at radius 2 is 1.84 bits per heavy atom. The topological polar surface area (TPSA) is 34.1 Å². The Hall–Kier alpha value is -1.33. The van der Waals surface area contributed by atoms with Crippen LogP contribution in [0.4, 0.5) is 4.39 Å². The first-order chi connectivity index (χ1) is 9.06. The van der Waals surface area contributed by atoms with E-state index in [-0.39, 0.29) is 11.5 Å². The first kappa shape index (κ1) is 14.1. The van der Waals surface area contributed by atoms with E-state index in [0.717, 1.165) is 4.47 Å². The van der Waals surface area contributed by atoms with Crippen LogP contribution < -0.4 is 0 Å². The van der Waals surface area contributed by atoms with E-state index in [2.05, 4.69) is 15.9 Å². The van der Waals surface area contributed by atoms with Crippen LogP contribution >= 0.6 is 15.9 Å². The summed E-state index contributed by atoms with van der Waals surface area (Å²) in [5.41, 5.74) is 0.493. The smallest absolute Gasteiger partial charge is 0.175 e. The molecule has 0 saturated heterocycles. The van der Waals surface area contributed by atoms with Gasteiger partial charge in [0, 0.05) is 14.9 Å². The van der Waals surface area contributed by atoms with Gasteiger partial charge in [0.1, 0.15) is 5.82 Å². The fourth-order valence-electron chi connectivity index (χ4n) is 1.53. The summed E-state index contributed by atoms with van der Waals surface area (Å²) < 4.78 is 25.8. The quantitative estimate of drug-likeness (QED) is 0.797. The summed E-state index contributed by atoms with van der Waals surface area (Å²) in [4.78, 5) is 12.2. The predicted octanol–water partition coefficient (Wildman–Crippen LogP) is 3.58. The lowest BCUT2D eigenvalue weighted by Crippen LogP contribution is -2.11. The van der Waals surface area contributed by atoms with E-state index in [1.165, 1.54) is 18.2 Å². The second-order valence-electron chi connectivity index (χ2n) is 3.88. The number of rotatable bonds is 4. The molecule has 2 rings (SSSR count). The minimum absolute atomic E-state index is 0.148. The summed E-state index contributed by atoms with van der Waals surface area (Å²) in [6.07, 6.45) is 0. The van der Waals surface area contributed by atoms with Crippen molar-refractivity contribution in [3.05, 3.63) is 64.4 Å². The average Bonchev–Trinajstić information content (AvgIpc) is 2.39. The van der Waals surface area contributed by atoms with Gasteiger partial charge in [-0.25, -0.2) is 4.39 Å². The van der Waals surface area contributed by atoms with E-state index < -0.39 is 16.6 Å². The third kappa shape index (κ3) is 3.81. The van der Waals surface area contributed by atoms with Crippen molar-refractivity contribution in [2.75, 3.05) is 5.75 Å². The van der Waals surface area contributed by atoms with Gasteiger partial charge in [0.25, 0.3) is 0 Å². The molecule has 0 aliphatic rings. The van der Waals surface area contributed by atoms with Gasteiger partial charge in [-0.15, -0.1) is 0 Å². The Labute approximate surface area is 121 Å². The molecule has 1 atom stereocenters. The number of halogens is 2. The molecule has 5 heteroatoms. The molecule has 2 aromatic carbocycles. The zero-order valence-corrected chi connectivity index (χ0v) is 12.2. The lowest BCUT2D eigenvalue weighted by Gasteiger charge is -2.03. The maximum Gasteiger partial charge on any atom is 0.175 e. The van der Waals surface area contributed by atoms with Crippen LogP contribution in [0.25, 0.3) is 0 Å². The molecule has 0 amide bonds. The largest absolute Gasteiger partial charge is 0.293 e. The minimum atomic E-state index is -1.53. The van der Waals surface area contributed by atoms with Crippen molar-refractivity contribution < 1.29 is 13.4 Å². The van der Waals surface area contributed by atoms with Crippen molar-refractivity contribution >= 4 is 32.5 Å². The Kier molecular flexibility index (Phi) is 4.61. The van der Waals surface area contributed by atoms with Crippen molar-refractivity contribution in [1.82, 2.24) is 0 Å². The first-order valence-electron chi connectivity index (χ1n) is 5.49. The molecule has 0 radical (unpaired) electrons. The molecular formula is C14H10BrFO2S. The van der Waals surface area contributed by atoms with E-state index in [9.17, 15) is 13.4 Å². The fourth-order valence-corrected chi connectivity index (χ4v) is 2.84. The van der Waals surface area contributed by atoms with E-state index in [1.807, 2.05) is 0 Å². The molecule has 2 aromatic rings. The predicted molar refractivity (Wildman–Crippen MR) is 76.1 cm³/mol. The lowest BCUT2D eigenvalue weighted by atomic mass is 10.2. The molecule has 0 aromatic heterocycles.